The Labute approximate surface area is 156 Å². The molecule has 0 unspecified atom stereocenters. The maximum Gasteiger partial charge on any atom is 0.237 e. The van der Waals surface area contributed by atoms with Crippen LogP contribution in [-0.4, -0.2) is 39.1 Å². The molecule has 0 saturated heterocycles. The average Bonchev–Trinajstić information content (AvgIpc) is 2.88. The number of thioether (sulfide) groups is 1. The molecular formula is C18H22N4O3S. The molecule has 7 nitrogen and oxygen atoms in total. The van der Waals surface area contributed by atoms with Crippen LogP contribution in [0.5, 0.6) is 11.5 Å². The number of anilines is 1. The van der Waals surface area contributed by atoms with Crippen LogP contribution in [0, 0.1) is 0 Å². The van der Waals surface area contributed by atoms with Crippen molar-refractivity contribution in [1.82, 2.24) is 14.8 Å². The summed E-state index contributed by atoms with van der Waals surface area (Å²) in [6.07, 6.45) is 4.47. The van der Waals surface area contributed by atoms with Crippen molar-refractivity contribution >= 4 is 23.4 Å². The molecule has 3 heterocycles. The molecule has 1 atom stereocenters. The van der Waals surface area contributed by atoms with E-state index in [1.807, 2.05) is 19.1 Å². The first-order valence-corrected chi connectivity index (χ1v) is 9.88. The van der Waals surface area contributed by atoms with Crippen molar-refractivity contribution in [2.45, 2.75) is 49.6 Å². The van der Waals surface area contributed by atoms with Crippen LogP contribution in [0.4, 0.5) is 5.69 Å². The number of hydrogen-bond acceptors (Lipinski definition) is 6. The number of carbonyl (C=O) groups is 1. The summed E-state index contributed by atoms with van der Waals surface area (Å²) in [5, 5.41) is 12.1. The van der Waals surface area contributed by atoms with Gasteiger partial charge in [-0.15, -0.1) is 10.2 Å². The Hall–Kier alpha value is -2.22. The normalized spacial score (nSPS) is 17.1. The molecule has 2 aliphatic rings. The fourth-order valence-corrected chi connectivity index (χ4v) is 4.02. The molecule has 8 heteroatoms. The third-order valence-electron chi connectivity index (χ3n) is 4.54. The lowest BCUT2D eigenvalue weighted by molar-refractivity contribution is -0.115. The summed E-state index contributed by atoms with van der Waals surface area (Å²) in [5.74, 6) is 2.34. The largest absolute Gasteiger partial charge is 0.486 e. The standard InChI is InChI=1S/C18H22N4O3S/c1-12(26-18-21-20-16-5-3-2-4-8-22(16)18)17(23)19-13-6-7-14-15(11-13)25-10-9-24-14/h6-7,11-12H,2-5,8-10H2,1H3,(H,19,23)/t12-/m0/s1. The molecule has 138 valence electrons. The smallest absolute Gasteiger partial charge is 0.237 e. The zero-order chi connectivity index (χ0) is 17.9. The van der Waals surface area contributed by atoms with Crippen molar-refractivity contribution in [2.75, 3.05) is 18.5 Å². The summed E-state index contributed by atoms with van der Waals surface area (Å²) in [4.78, 5) is 12.6. The van der Waals surface area contributed by atoms with Crippen molar-refractivity contribution in [3.05, 3.63) is 24.0 Å². The molecule has 0 spiro atoms. The Morgan fingerprint density at radius 2 is 2.04 bits per heavy atom. The van der Waals surface area contributed by atoms with E-state index in [1.54, 1.807) is 6.07 Å². The lowest BCUT2D eigenvalue weighted by Gasteiger charge is -2.19. The first-order chi connectivity index (χ1) is 12.7. The van der Waals surface area contributed by atoms with Gasteiger partial charge in [0.1, 0.15) is 19.0 Å². The van der Waals surface area contributed by atoms with E-state index < -0.39 is 0 Å². The molecule has 4 rings (SSSR count). The third kappa shape index (κ3) is 3.65. The van der Waals surface area contributed by atoms with Gasteiger partial charge in [0.25, 0.3) is 0 Å². The number of carbonyl (C=O) groups excluding carboxylic acids is 1. The van der Waals surface area contributed by atoms with Gasteiger partial charge in [0, 0.05) is 24.7 Å². The monoisotopic (exact) mass is 374 g/mol. The van der Waals surface area contributed by atoms with Gasteiger partial charge in [-0.3, -0.25) is 4.79 Å². The van der Waals surface area contributed by atoms with Crippen LogP contribution in [0.3, 0.4) is 0 Å². The van der Waals surface area contributed by atoms with Gasteiger partial charge in [-0.1, -0.05) is 18.2 Å². The first-order valence-electron chi connectivity index (χ1n) is 9.00. The van der Waals surface area contributed by atoms with Crippen molar-refractivity contribution in [3.8, 4) is 11.5 Å². The number of ether oxygens (including phenoxy) is 2. The van der Waals surface area contributed by atoms with Gasteiger partial charge in [0.2, 0.25) is 5.91 Å². The van der Waals surface area contributed by atoms with E-state index >= 15 is 0 Å². The number of aromatic nitrogens is 3. The van der Waals surface area contributed by atoms with Crippen LogP contribution < -0.4 is 14.8 Å². The lowest BCUT2D eigenvalue weighted by atomic mass is 10.2. The zero-order valence-electron chi connectivity index (χ0n) is 14.7. The van der Waals surface area contributed by atoms with Gasteiger partial charge < -0.3 is 19.4 Å². The van der Waals surface area contributed by atoms with Crippen LogP contribution in [0.1, 0.15) is 32.0 Å². The number of hydrogen-bond donors (Lipinski definition) is 1. The van der Waals surface area contributed by atoms with Crippen LogP contribution in [0.2, 0.25) is 0 Å². The molecule has 0 aliphatic carbocycles. The van der Waals surface area contributed by atoms with Crippen molar-refractivity contribution in [1.29, 1.82) is 0 Å². The maximum atomic E-state index is 12.6. The molecular weight excluding hydrogens is 352 g/mol. The number of amides is 1. The topological polar surface area (TPSA) is 78.3 Å². The first kappa shape index (κ1) is 17.2. The van der Waals surface area contributed by atoms with E-state index in [0.717, 1.165) is 36.8 Å². The molecule has 1 aromatic carbocycles. The second-order valence-electron chi connectivity index (χ2n) is 6.47. The summed E-state index contributed by atoms with van der Waals surface area (Å²) >= 11 is 1.45. The van der Waals surface area contributed by atoms with Gasteiger partial charge >= 0.3 is 0 Å². The minimum absolute atomic E-state index is 0.0716. The maximum absolute atomic E-state index is 12.6. The summed E-state index contributed by atoms with van der Waals surface area (Å²) in [5.41, 5.74) is 0.701. The van der Waals surface area contributed by atoms with Gasteiger partial charge in [0.15, 0.2) is 16.7 Å². The second kappa shape index (κ2) is 7.57. The van der Waals surface area contributed by atoms with Gasteiger partial charge in [-0.2, -0.15) is 0 Å². The molecule has 26 heavy (non-hydrogen) atoms. The second-order valence-corrected chi connectivity index (χ2v) is 7.78. The highest BCUT2D eigenvalue weighted by atomic mass is 32.2. The molecule has 1 aromatic heterocycles. The summed E-state index contributed by atoms with van der Waals surface area (Å²) < 4.78 is 13.2. The predicted octanol–water partition coefficient (Wildman–Crippen LogP) is 2.90. The quantitative estimate of drug-likeness (QED) is 0.829. The molecule has 0 saturated carbocycles. The summed E-state index contributed by atoms with van der Waals surface area (Å²) in [6.45, 7) is 3.89. The number of aryl methyl sites for hydroxylation is 1. The highest BCUT2D eigenvalue weighted by molar-refractivity contribution is 8.00. The van der Waals surface area contributed by atoms with E-state index in [4.69, 9.17) is 9.47 Å². The van der Waals surface area contributed by atoms with Crippen LogP contribution in [0.25, 0.3) is 0 Å². The Bertz CT molecular complexity index is 808. The van der Waals surface area contributed by atoms with E-state index in [2.05, 4.69) is 20.1 Å². The average molecular weight is 374 g/mol. The molecule has 0 bridgehead atoms. The number of nitrogens with one attached hydrogen (secondary N) is 1. The van der Waals surface area contributed by atoms with E-state index in [1.165, 1.54) is 18.2 Å². The predicted molar refractivity (Wildman–Crippen MR) is 99.0 cm³/mol. The SMILES string of the molecule is C[C@H](Sc1nnc2n1CCCCC2)C(=O)Nc1ccc2c(c1)OCCO2. The van der Waals surface area contributed by atoms with Crippen molar-refractivity contribution in [2.24, 2.45) is 0 Å². The Balaban J connectivity index is 1.41. The fourth-order valence-electron chi connectivity index (χ4n) is 3.12. The van der Waals surface area contributed by atoms with Crippen molar-refractivity contribution < 1.29 is 14.3 Å². The number of rotatable bonds is 4. The number of benzene rings is 1. The minimum atomic E-state index is -0.278. The van der Waals surface area contributed by atoms with E-state index in [0.29, 0.717) is 30.4 Å². The fraction of sp³-hybridized carbons (Fsp3) is 0.500. The van der Waals surface area contributed by atoms with E-state index in [-0.39, 0.29) is 11.2 Å². The number of nitrogens with zero attached hydrogens (tertiary/aromatic N) is 3. The van der Waals surface area contributed by atoms with E-state index in [9.17, 15) is 4.79 Å². The lowest BCUT2D eigenvalue weighted by Crippen LogP contribution is -2.23. The van der Waals surface area contributed by atoms with Crippen LogP contribution in [0.15, 0.2) is 23.4 Å². The summed E-state index contributed by atoms with van der Waals surface area (Å²) in [7, 11) is 0. The zero-order valence-corrected chi connectivity index (χ0v) is 15.6. The molecule has 2 aliphatic heterocycles. The highest BCUT2D eigenvalue weighted by Gasteiger charge is 2.22. The van der Waals surface area contributed by atoms with Crippen LogP contribution in [-0.2, 0) is 17.8 Å². The molecule has 0 radical (unpaired) electrons. The summed E-state index contributed by atoms with van der Waals surface area (Å²) in [6, 6.07) is 5.44. The molecule has 2 aromatic rings. The van der Waals surface area contributed by atoms with Gasteiger partial charge in [-0.05, 0) is 31.9 Å². The minimum Gasteiger partial charge on any atom is -0.486 e. The Kier molecular flexibility index (Phi) is 5.01. The highest BCUT2D eigenvalue weighted by Crippen LogP contribution is 2.33. The van der Waals surface area contributed by atoms with Crippen LogP contribution >= 0.6 is 11.8 Å². The molecule has 0 fully saturated rings. The molecule has 1 N–H and O–H groups in total. The van der Waals surface area contributed by atoms with Crippen molar-refractivity contribution in [3.63, 3.8) is 0 Å². The molecule has 1 amide bonds. The van der Waals surface area contributed by atoms with Gasteiger partial charge in [0.05, 0.1) is 5.25 Å². The third-order valence-corrected chi connectivity index (χ3v) is 5.62. The Morgan fingerprint density at radius 1 is 1.19 bits per heavy atom. The van der Waals surface area contributed by atoms with Gasteiger partial charge in [-0.25, -0.2) is 0 Å². The Morgan fingerprint density at radius 3 is 2.92 bits per heavy atom. The number of fused-ring (bicyclic) bond motifs is 2.